The first-order chi connectivity index (χ1) is 11.7. The fraction of sp³-hybridized carbons (Fsp3) is 1.00. The van der Waals surface area contributed by atoms with Crippen LogP contribution in [0, 0.1) is 0 Å². The summed E-state index contributed by atoms with van der Waals surface area (Å²) in [6.45, 7) is 4.57. The summed E-state index contributed by atoms with van der Waals surface area (Å²) >= 11 is 9.60. The summed E-state index contributed by atoms with van der Waals surface area (Å²) in [7, 11) is 0. The maximum atomic E-state index is 4.80. The van der Waals surface area contributed by atoms with Gasteiger partial charge in [0.25, 0.3) is 0 Å². The minimum Gasteiger partial charge on any atom is -0.175 e. The summed E-state index contributed by atoms with van der Waals surface area (Å²) in [5.41, 5.74) is 0. The molecule has 0 aromatic heterocycles. The van der Waals surface area contributed by atoms with Crippen molar-refractivity contribution in [2.45, 2.75) is 140 Å². The predicted molar refractivity (Wildman–Crippen MR) is 120 cm³/mol. The first kappa shape index (κ1) is 24.7. The molecule has 2 unspecified atom stereocenters. The largest absolute Gasteiger partial charge is 0.175 e. The zero-order chi connectivity index (χ0) is 17.9. The molecule has 0 heterocycles. The van der Waals surface area contributed by atoms with Crippen molar-refractivity contribution in [2.24, 2.45) is 0 Å². The zero-order valence-electron chi connectivity index (χ0n) is 16.8. The number of rotatable bonds is 19. The molecule has 146 valence electrons. The third kappa shape index (κ3) is 17.5. The molecule has 0 bridgehead atoms. The fourth-order valence-electron chi connectivity index (χ4n) is 3.36. The van der Waals surface area contributed by atoms with Crippen molar-refractivity contribution >= 4 is 25.3 Å². The molecular formula is C22H46S2. The van der Waals surface area contributed by atoms with Gasteiger partial charge in [-0.25, -0.2) is 0 Å². The Morgan fingerprint density at radius 3 is 0.958 bits per heavy atom. The van der Waals surface area contributed by atoms with E-state index < -0.39 is 0 Å². The average Bonchev–Trinajstić information content (AvgIpc) is 2.59. The van der Waals surface area contributed by atoms with E-state index in [0.29, 0.717) is 10.5 Å². The average molecular weight is 375 g/mol. The molecule has 0 aliphatic rings. The summed E-state index contributed by atoms with van der Waals surface area (Å²) in [5.74, 6) is 0. The van der Waals surface area contributed by atoms with Gasteiger partial charge in [0.05, 0.1) is 0 Å². The van der Waals surface area contributed by atoms with E-state index in [0.717, 1.165) is 0 Å². The highest BCUT2D eigenvalue weighted by Gasteiger charge is 2.13. The highest BCUT2D eigenvalue weighted by molar-refractivity contribution is 7.85. The van der Waals surface area contributed by atoms with Crippen LogP contribution in [0.4, 0.5) is 0 Å². The lowest BCUT2D eigenvalue weighted by Crippen LogP contribution is -2.15. The third-order valence-corrected chi connectivity index (χ3v) is 6.62. The van der Waals surface area contributed by atoms with Crippen LogP contribution < -0.4 is 0 Å². The Morgan fingerprint density at radius 2 is 0.667 bits per heavy atom. The molecule has 0 spiro atoms. The molecule has 0 nitrogen and oxygen atoms in total. The van der Waals surface area contributed by atoms with Crippen LogP contribution in [-0.2, 0) is 0 Å². The molecule has 0 saturated carbocycles. The molecule has 0 rings (SSSR count). The fourth-order valence-corrected chi connectivity index (χ4v) is 4.02. The van der Waals surface area contributed by atoms with Gasteiger partial charge in [0.15, 0.2) is 0 Å². The van der Waals surface area contributed by atoms with E-state index in [1.54, 1.807) is 0 Å². The molecule has 0 amide bonds. The summed E-state index contributed by atoms with van der Waals surface area (Å²) in [5, 5.41) is 0.996. The highest BCUT2D eigenvalue weighted by Crippen LogP contribution is 2.22. The topological polar surface area (TPSA) is 0 Å². The highest BCUT2D eigenvalue weighted by atomic mass is 32.1. The van der Waals surface area contributed by atoms with Gasteiger partial charge in [0.2, 0.25) is 0 Å². The van der Waals surface area contributed by atoms with Crippen molar-refractivity contribution in [3.05, 3.63) is 0 Å². The molecule has 0 aromatic carbocycles. The Hall–Kier alpha value is 0.700. The Morgan fingerprint density at radius 1 is 0.417 bits per heavy atom. The lowest BCUT2D eigenvalue weighted by Gasteiger charge is -2.18. The van der Waals surface area contributed by atoms with E-state index in [4.69, 9.17) is 25.3 Å². The maximum Gasteiger partial charge on any atom is 0.0133 e. The predicted octanol–water partition coefficient (Wildman–Crippen LogP) is 8.64. The van der Waals surface area contributed by atoms with Crippen LogP contribution in [0.5, 0.6) is 0 Å². The van der Waals surface area contributed by atoms with Gasteiger partial charge in [-0.1, -0.05) is 117 Å². The minimum absolute atomic E-state index is 0.498. The van der Waals surface area contributed by atoms with E-state index in [2.05, 4.69) is 13.8 Å². The maximum absolute atomic E-state index is 4.80. The number of hydrogen-bond acceptors (Lipinski definition) is 2. The van der Waals surface area contributed by atoms with Crippen LogP contribution in [0.2, 0.25) is 0 Å². The number of unbranched alkanes of at least 4 members (excludes halogenated alkanes) is 14. The molecule has 0 radical (unpaired) electrons. The van der Waals surface area contributed by atoms with Crippen LogP contribution in [-0.4, -0.2) is 10.5 Å². The molecule has 2 heteroatoms. The molecule has 0 aliphatic heterocycles. The summed E-state index contributed by atoms with van der Waals surface area (Å²) in [4.78, 5) is 0. The van der Waals surface area contributed by atoms with Gasteiger partial charge >= 0.3 is 0 Å². The van der Waals surface area contributed by atoms with Gasteiger partial charge in [-0.05, 0) is 12.8 Å². The summed E-state index contributed by atoms with van der Waals surface area (Å²) < 4.78 is 0. The Kier molecular flexibility index (Phi) is 20.6. The number of hydrogen-bond donors (Lipinski definition) is 2. The Balaban J connectivity index is 3.32. The molecule has 0 aliphatic carbocycles. The van der Waals surface area contributed by atoms with Gasteiger partial charge in [-0.3, -0.25) is 0 Å². The van der Waals surface area contributed by atoms with E-state index in [1.807, 2.05) is 0 Å². The van der Waals surface area contributed by atoms with Gasteiger partial charge in [-0.15, -0.1) is 0 Å². The molecule has 0 N–H and O–H groups in total. The van der Waals surface area contributed by atoms with Gasteiger partial charge in [0.1, 0.15) is 0 Å². The van der Waals surface area contributed by atoms with Gasteiger partial charge in [-0.2, -0.15) is 25.3 Å². The zero-order valence-corrected chi connectivity index (χ0v) is 18.6. The standard InChI is InChI=1S/C22H46S2/c1-3-5-7-9-11-13-15-17-19-21(23)22(24)20-18-16-14-12-10-8-6-4-2/h21-24H,3-20H2,1-2H3. The van der Waals surface area contributed by atoms with Crippen LogP contribution in [0.25, 0.3) is 0 Å². The smallest absolute Gasteiger partial charge is 0.0133 e. The van der Waals surface area contributed by atoms with Crippen LogP contribution in [0.3, 0.4) is 0 Å². The summed E-state index contributed by atoms with van der Waals surface area (Å²) in [6.07, 6.45) is 24.9. The van der Waals surface area contributed by atoms with Crippen LogP contribution in [0.15, 0.2) is 0 Å². The quantitative estimate of drug-likeness (QED) is 0.164. The van der Waals surface area contributed by atoms with Gasteiger partial charge in [0, 0.05) is 10.5 Å². The lowest BCUT2D eigenvalue weighted by atomic mass is 10.0. The third-order valence-electron chi connectivity index (χ3n) is 5.15. The van der Waals surface area contributed by atoms with E-state index in [9.17, 15) is 0 Å². The van der Waals surface area contributed by atoms with E-state index >= 15 is 0 Å². The van der Waals surface area contributed by atoms with Crippen molar-refractivity contribution in [1.29, 1.82) is 0 Å². The SMILES string of the molecule is CCCCCCCCCCC(S)C(S)CCCCCCCCCC. The second-order valence-corrected chi connectivity index (χ2v) is 8.99. The van der Waals surface area contributed by atoms with Crippen molar-refractivity contribution in [3.63, 3.8) is 0 Å². The Bertz CT molecular complexity index is 206. The molecule has 24 heavy (non-hydrogen) atoms. The van der Waals surface area contributed by atoms with E-state index in [-0.39, 0.29) is 0 Å². The first-order valence-electron chi connectivity index (χ1n) is 11.1. The summed E-state index contributed by atoms with van der Waals surface area (Å²) in [6, 6.07) is 0. The monoisotopic (exact) mass is 374 g/mol. The van der Waals surface area contributed by atoms with E-state index in [1.165, 1.54) is 116 Å². The molecular weight excluding hydrogens is 328 g/mol. The van der Waals surface area contributed by atoms with Crippen LogP contribution >= 0.6 is 25.3 Å². The van der Waals surface area contributed by atoms with Crippen molar-refractivity contribution in [2.75, 3.05) is 0 Å². The molecule has 0 saturated heterocycles. The van der Waals surface area contributed by atoms with Gasteiger partial charge < -0.3 is 0 Å². The van der Waals surface area contributed by atoms with Crippen molar-refractivity contribution in [3.8, 4) is 0 Å². The first-order valence-corrected chi connectivity index (χ1v) is 12.1. The normalized spacial score (nSPS) is 14.0. The molecule has 2 atom stereocenters. The lowest BCUT2D eigenvalue weighted by molar-refractivity contribution is 0.535. The van der Waals surface area contributed by atoms with Crippen molar-refractivity contribution < 1.29 is 0 Å². The minimum atomic E-state index is 0.498. The second kappa shape index (κ2) is 20.0. The van der Waals surface area contributed by atoms with Crippen LogP contribution in [0.1, 0.15) is 129 Å². The molecule has 0 aromatic rings. The molecule has 0 fully saturated rings. The number of thiol groups is 2. The van der Waals surface area contributed by atoms with Crippen molar-refractivity contribution in [1.82, 2.24) is 0 Å². The second-order valence-electron chi connectivity index (χ2n) is 7.66. The Labute approximate surface area is 165 Å².